The third kappa shape index (κ3) is 4.62. The van der Waals surface area contributed by atoms with Crippen LogP contribution in [0.2, 0.25) is 5.02 Å². The van der Waals surface area contributed by atoms with Gasteiger partial charge >= 0.3 is 0 Å². The lowest BCUT2D eigenvalue weighted by molar-refractivity contribution is -0.115. The molecule has 21 heavy (non-hydrogen) atoms. The first kappa shape index (κ1) is 15.6. The monoisotopic (exact) mass is 365 g/mol. The lowest BCUT2D eigenvalue weighted by Crippen LogP contribution is -2.15. The average molecular weight is 367 g/mol. The van der Waals surface area contributed by atoms with Crippen LogP contribution in [0.5, 0.6) is 0 Å². The number of carbonyl (C=O) groups excluding carboxylic acids is 1. The number of rotatable bonds is 4. The van der Waals surface area contributed by atoms with Crippen LogP contribution < -0.4 is 5.32 Å². The Morgan fingerprint density at radius 2 is 1.76 bits per heavy atom. The standard InChI is InChI=1S/C16H13BrClNO2/c1-21-15(10-11-2-6-13(18)7-3-11)16(20)19-14-8-4-12(17)5-9-14/h2-10H,1H3,(H,19,20)/b15-10-. The lowest BCUT2D eigenvalue weighted by atomic mass is 10.2. The SMILES string of the molecule is CO/C(=C\c1ccc(Cl)cc1)C(=O)Nc1ccc(Br)cc1. The largest absolute Gasteiger partial charge is 0.491 e. The quantitative estimate of drug-likeness (QED) is 0.627. The molecule has 1 N–H and O–H groups in total. The van der Waals surface area contributed by atoms with Crippen molar-refractivity contribution in [1.82, 2.24) is 0 Å². The number of hydrogen-bond donors (Lipinski definition) is 1. The van der Waals surface area contributed by atoms with E-state index in [1.807, 2.05) is 24.3 Å². The summed E-state index contributed by atoms with van der Waals surface area (Å²) in [6.07, 6.45) is 1.66. The average Bonchev–Trinajstić information content (AvgIpc) is 2.49. The predicted octanol–water partition coefficient (Wildman–Crippen LogP) is 4.73. The van der Waals surface area contributed by atoms with Gasteiger partial charge in [0.25, 0.3) is 5.91 Å². The molecule has 108 valence electrons. The molecule has 0 radical (unpaired) electrons. The van der Waals surface area contributed by atoms with E-state index in [-0.39, 0.29) is 11.7 Å². The van der Waals surface area contributed by atoms with Gasteiger partial charge in [-0.15, -0.1) is 0 Å². The normalized spacial score (nSPS) is 11.1. The van der Waals surface area contributed by atoms with Crippen LogP contribution in [-0.2, 0) is 9.53 Å². The summed E-state index contributed by atoms with van der Waals surface area (Å²) in [5, 5.41) is 3.42. The lowest BCUT2D eigenvalue weighted by Gasteiger charge is -2.08. The van der Waals surface area contributed by atoms with Gasteiger partial charge in [0.1, 0.15) is 0 Å². The molecule has 0 fully saturated rings. The first-order valence-corrected chi connectivity index (χ1v) is 7.34. The third-order valence-corrected chi connectivity index (χ3v) is 3.49. The van der Waals surface area contributed by atoms with Gasteiger partial charge in [-0.25, -0.2) is 0 Å². The molecule has 0 aliphatic carbocycles. The van der Waals surface area contributed by atoms with E-state index in [1.54, 1.807) is 30.3 Å². The summed E-state index contributed by atoms with van der Waals surface area (Å²) in [5.74, 6) is -0.0880. The van der Waals surface area contributed by atoms with Crippen LogP contribution in [0, 0.1) is 0 Å². The van der Waals surface area contributed by atoms with Gasteiger partial charge in [0.05, 0.1) is 7.11 Å². The van der Waals surface area contributed by atoms with Crippen LogP contribution in [0.1, 0.15) is 5.56 Å². The van der Waals surface area contributed by atoms with Gasteiger partial charge in [-0.2, -0.15) is 0 Å². The molecule has 0 atom stereocenters. The Morgan fingerprint density at radius 1 is 1.14 bits per heavy atom. The van der Waals surface area contributed by atoms with Gasteiger partial charge in [-0.1, -0.05) is 39.7 Å². The molecular formula is C16H13BrClNO2. The van der Waals surface area contributed by atoms with Crippen LogP contribution in [0.15, 0.2) is 58.8 Å². The van der Waals surface area contributed by atoms with Crippen molar-refractivity contribution >= 4 is 45.2 Å². The summed E-state index contributed by atoms with van der Waals surface area (Å²) in [5.41, 5.74) is 1.53. The van der Waals surface area contributed by atoms with E-state index in [0.717, 1.165) is 10.0 Å². The molecule has 0 heterocycles. The van der Waals surface area contributed by atoms with Crippen molar-refractivity contribution in [3.05, 3.63) is 69.3 Å². The molecule has 0 unspecified atom stereocenters. The number of amides is 1. The van der Waals surface area contributed by atoms with E-state index in [0.29, 0.717) is 10.7 Å². The molecule has 5 heteroatoms. The molecule has 3 nitrogen and oxygen atoms in total. The van der Waals surface area contributed by atoms with Gasteiger partial charge in [0.2, 0.25) is 0 Å². The van der Waals surface area contributed by atoms with E-state index in [1.165, 1.54) is 7.11 Å². The van der Waals surface area contributed by atoms with E-state index < -0.39 is 0 Å². The first-order chi connectivity index (χ1) is 10.1. The zero-order chi connectivity index (χ0) is 15.2. The number of methoxy groups -OCH3 is 1. The third-order valence-electron chi connectivity index (χ3n) is 2.71. The summed E-state index contributed by atoms with van der Waals surface area (Å²) in [6.45, 7) is 0. The molecule has 0 saturated carbocycles. The second-order valence-corrected chi connectivity index (χ2v) is 5.58. The summed E-state index contributed by atoms with van der Waals surface area (Å²) < 4.78 is 6.10. The molecule has 1 amide bonds. The fraction of sp³-hybridized carbons (Fsp3) is 0.0625. The summed E-state index contributed by atoms with van der Waals surface area (Å²) in [6, 6.07) is 14.5. The fourth-order valence-electron chi connectivity index (χ4n) is 1.65. The molecule has 0 saturated heterocycles. The van der Waals surface area contributed by atoms with Crippen LogP contribution in [0.3, 0.4) is 0 Å². The van der Waals surface area contributed by atoms with E-state index in [2.05, 4.69) is 21.2 Å². The number of anilines is 1. The number of halogens is 2. The molecule has 0 aliphatic heterocycles. The van der Waals surface area contributed by atoms with Crippen molar-refractivity contribution in [2.45, 2.75) is 0 Å². The minimum atomic E-state index is -0.310. The molecule has 0 aliphatic rings. The Hall–Kier alpha value is -1.78. The Balaban J connectivity index is 2.14. The highest BCUT2D eigenvalue weighted by molar-refractivity contribution is 9.10. The summed E-state index contributed by atoms with van der Waals surface area (Å²) >= 11 is 9.17. The molecular weight excluding hydrogens is 354 g/mol. The highest BCUT2D eigenvalue weighted by Crippen LogP contribution is 2.16. The minimum Gasteiger partial charge on any atom is -0.491 e. The maximum absolute atomic E-state index is 12.2. The van der Waals surface area contributed by atoms with Crippen molar-refractivity contribution in [2.75, 3.05) is 12.4 Å². The predicted molar refractivity (Wildman–Crippen MR) is 89.2 cm³/mol. The zero-order valence-corrected chi connectivity index (χ0v) is 13.6. The Morgan fingerprint density at radius 3 is 2.33 bits per heavy atom. The molecule has 2 rings (SSSR count). The van der Waals surface area contributed by atoms with E-state index in [4.69, 9.17) is 16.3 Å². The second-order valence-electron chi connectivity index (χ2n) is 4.23. The van der Waals surface area contributed by atoms with Crippen LogP contribution >= 0.6 is 27.5 Å². The summed E-state index contributed by atoms with van der Waals surface area (Å²) in [7, 11) is 1.46. The van der Waals surface area contributed by atoms with Gasteiger partial charge < -0.3 is 10.1 Å². The topological polar surface area (TPSA) is 38.3 Å². The van der Waals surface area contributed by atoms with Crippen molar-refractivity contribution < 1.29 is 9.53 Å². The van der Waals surface area contributed by atoms with Gasteiger partial charge in [0, 0.05) is 15.2 Å². The number of benzene rings is 2. The fourth-order valence-corrected chi connectivity index (χ4v) is 2.04. The van der Waals surface area contributed by atoms with Gasteiger partial charge in [-0.3, -0.25) is 4.79 Å². The highest BCUT2D eigenvalue weighted by atomic mass is 79.9. The number of carbonyl (C=O) groups is 1. The molecule has 0 bridgehead atoms. The van der Waals surface area contributed by atoms with E-state index >= 15 is 0 Å². The van der Waals surface area contributed by atoms with Crippen molar-refractivity contribution in [2.24, 2.45) is 0 Å². The highest BCUT2D eigenvalue weighted by Gasteiger charge is 2.10. The van der Waals surface area contributed by atoms with Crippen LogP contribution in [0.4, 0.5) is 5.69 Å². The molecule has 0 spiro atoms. The van der Waals surface area contributed by atoms with Crippen LogP contribution in [-0.4, -0.2) is 13.0 Å². The van der Waals surface area contributed by atoms with Gasteiger partial charge in [-0.05, 0) is 48.0 Å². The molecule has 2 aromatic rings. The van der Waals surface area contributed by atoms with Crippen molar-refractivity contribution in [1.29, 1.82) is 0 Å². The maximum atomic E-state index is 12.2. The van der Waals surface area contributed by atoms with Crippen molar-refractivity contribution in [3.8, 4) is 0 Å². The Labute approximate surface area is 136 Å². The van der Waals surface area contributed by atoms with Crippen molar-refractivity contribution in [3.63, 3.8) is 0 Å². The number of hydrogen-bond acceptors (Lipinski definition) is 2. The second kappa shape index (κ2) is 7.29. The van der Waals surface area contributed by atoms with E-state index in [9.17, 15) is 4.79 Å². The zero-order valence-electron chi connectivity index (χ0n) is 11.3. The maximum Gasteiger partial charge on any atom is 0.290 e. The Kier molecular flexibility index (Phi) is 5.42. The molecule has 0 aromatic heterocycles. The van der Waals surface area contributed by atoms with Gasteiger partial charge in [0.15, 0.2) is 5.76 Å². The smallest absolute Gasteiger partial charge is 0.290 e. The molecule has 2 aromatic carbocycles. The number of nitrogens with one attached hydrogen (secondary N) is 1. The Bertz CT molecular complexity index is 651. The van der Waals surface area contributed by atoms with Crippen LogP contribution in [0.25, 0.3) is 6.08 Å². The summed E-state index contributed by atoms with van der Waals surface area (Å²) in [4.78, 5) is 12.2. The number of ether oxygens (including phenoxy) is 1. The first-order valence-electron chi connectivity index (χ1n) is 6.16. The minimum absolute atomic E-state index is 0.222.